The summed E-state index contributed by atoms with van der Waals surface area (Å²) >= 11 is 0. The minimum atomic E-state index is 0.623. The molecule has 0 radical (unpaired) electrons. The van der Waals surface area contributed by atoms with Crippen molar-refractivity contribution in [1.82, 2.24) is 4.98 Å². The van der Waals surface area contributed by atoms with Crippen LogP contribution in [0.3, 0.4) is 0 Å². The van der Waals surface area contributed by atoms with Crippen molar-refractivity contribution in [1.29, 1.82) is 0 Å². The van der Waals surface area contributed by atoms with Crippen molar-refractivity contribution in [3.05, 3.63) is 23.9 Å². The summed E-state index contributed by atoms with van der Waals surface area (Å²) in [4.78, 5) is 17.9. The van der Waals surface area contributed by atoms with Crippen LogP contribution in [-0.4, -0.2) is 23.9 Å². The van der Waals surface area contributed by atoms with E-state index >= 15 is 0 Å². The van der Waals surface area contributed by atoms with Gasteiger partial charge in [-0.25, -0.2) is 4.98 Å². The van der Waals surface area contributed by atoms with Crippen molar-refractivity contribution in [3.63, 3.8) is 0 Å². The molecule has 2 fully saturated rings. The molecule has 3 nitrogen and oxygen atoms in total. The summed E-state index contributed by atoms with van der Waals surface area (Å²) in [6.45, 7) is 1.06. The third kappa shape index (κ3) is 1.84. The Balaban J connectivity index is 1.91. The van der Waals surface area contributed by atoms with Gasteiger partial charge in [-0.1, -0.05) is 12.8 Å². The Morgan fingerprint density at radius 1 is 1.29 bits per heavy atom. The second-order valence-electron chi connectivity index (χ2n) is 5.13. The molecule has 2 atom stereocenters. The minimum absolute atomic E-state index is 0.623. The van der Waals surface area contributed by atoms with Crippen molar-refractivity contribution < 1.29 is 4.79 Å². The van der Waals surface area contributed by atoms with Gasteiger partial charge in [0.05, 0.1) is 5.56 Å². The van der Waals surface area contributed by atoms with E-state index in [1.807, 2.05) is 12.1 Å². The number of aldehydes is 1. The summed E-state index contributed by atoms with van der Waals surface area (Å²) < 4.78 is 0. The lowest BCUT2D eigenvalue weighted by atomic mass is 9.85. The normalized spacial score (nSPS) is 27.9. The number of carbonyl (C=O) groups is 1. The Labute approximate surface area is 102 Å². The molecule has 0 bridgehead atoms. The highest BCUT2D eigenvalue weighted by Crippen LogP contribution is 2.38. The van der Waals surface area contributed by atoms with Gasteiger partial charge in [0.1, 0.15) is 5.82 Å². The van der Waals surface area contributed by atoms with Gasteiger partial charge >= 0.3 is 0 Å². The predicted molar refractivity (Wildman–Crippen MR) is 67.3 cm³/mol. The van der Waals surface area contributed by atoms with Crippen LogP contribution in [0.25, 0.3) is 0 Å². The molecule has 1 saturated heterocycles. The van der Waals surface area contributed by atoms with E-state index in [2.05, 4.69) is 9.88 Å². The van der Waals surface area contributed by atoms with Crippen LogP contribution in [0, 0.1) is 5.92 Å². The van der Waals surface area contributed by atoms with Crippen LogP contribution < -0.4 is 4.90 Å². The van der Waals surface area contributed by atoms with Gasteiger partial charge in [0, 0.05) is 18.8 Å². The number of rotatable bonds is 2. The molecule has 0 aromatic carbocycles. The Bertz CT molecular complexity index is 418. The van der Waals surface area contributed by atoms with Crippen LogP contribution in [0.2, 0.25) is 0 Å². The number of hydrogen-bond donors (Lipinski definition) is 0. The molecule has 0 N–H and O–H groups in total. The van der Waals surface area contributed by atoms with Gasteiger partial charge in [0.15, 0.2) is 6.29 Å². The molecule has 3 heteroatoms. The molecule has 2 unspecified atom stereocenters. The Kier molecular flexibility index (Phi) is 2.83. The summed E-state index contributed by atoms with van der Waals surface area (Å²) in [5, 5.41) is 0. The van der Waals surface area contributed by atoms with Crippen LogP contribution in [0.15, 0.2) is 18.3 Å². The fourth-order valence-corrected chi connectivity index (χ4v) is 3.41. The van der Waals surface area contributed by atoms with Crippen LogP contribution >= 0.6 is 0 Å². The zero-order valence-electron chi connectivity index (χ0n) is 10.0. The summed E-state index contributed by atoms with van der Waals surface area (Å²) in [5.41, 5.74) is 0.735. The van der Waals surface area contributed by atoms with Gasteiger partial charge in [-0.05, 0) is 37.3 Å². The maximum absolute atomic E-state index is 11.1. The standard InChI is InChI=1S/C14H18N2O/c17-10-12-5-3-8-15-14(12)16-9-7-11-4-1-2-6-13(11)16/h3,5,8,10-11,13H,1-2,4,6-7,9H2. The SMILES string of the molecule is O=Cc1cccnc1N1CCC2CCCCC21. The van der Waals surface area contributed by atoms with Gasteiger partial charge < -0.3 is 4.90 Å². The van der Waals surface area contributed by atoms with Crippen molar-refractivity contribution in [2.24, 2.45) is 5.92 Å². The fraction of sp³-hybridized carbons (Fsp3) is 0.571. The molecule has 2 aliphatic rings. The number of hydrogen-bond acceptors (Lipinski definition) is 3. The van der Waals surface area contributed by atoms with E-state index in [-0.39, 0.29) is 0 Å². The second-order valence-corrected chi connectivity index (χ2v) is 5.13. The highest BCUT2D eigenvalue weighted by atomic mass is 16.1. The molecule has 1 aromatic heterocycles. The minimum Gasteiger partial charge on any atom is -0.353 e. The first-order valence-corrected chi connectivity index (χ1v) is 6.57. The third-order valence-corrected chi connectivity index (χ3v) is 4.23. The third-order valence-electron chi connectivity index (χ3n) is 4.23. The molecular weight excluding hydrogens is 212 g/mol. The Hall–Kier alpha value is -1.38. The lowest BCUT2D eigenvalue weighted by molar-refractivity contribution is 0.112. The molecule has 17 heavy (non-hydrogen) atoms. The quantitative estimate of drug-likeness (QED) is 0.732. The highest BCUT2D eigenvalue weighted by Gasteiger charge is 2.36. The van der Waals surface area contributed by atoms with Crippen molar-refractivity contribution in [2.45, 2.75) is 38.1 Å². The zero-order chi connectivity index (χ0) is 11.7. The molecule has 90 valence electrons. The number of fused-ring (bicyclic) bond motifs is 1. The van der Waals surface area contributed by atoms with Crippen LogP contribution in [0.4, 0.5) is 5.82 Å². The zero-order valence-corrected chi connectivity index (χ0v) is 10.0. The van der Waals surface area contributed by atoms with Crippen molar-refractivity contribution in [3.8, 4) is 0 Å². The summed E-state index contributed by atoms with van der Waals surface area (Å²) in [6, 6.07) is 4.32. The lowest BCUT2D eigenvalue weighted by Gasteiger charge is -2.32. The molecule has 0 spiro atoms. The van der Waals surface area contributed by atoms with Gasteiger partial charge in [0.25, 0.3) is 0 Å². The first-order valence-electron chi connectivity index (χ1n) is 6.57. The van der Waals surface area contributed by atoms with Crippen LogP contribution in [0.5, 0.6) is 0 Å². The first kappa shape index (κ1) is 10.8. The largest absolute Gasteiger partial charge is 0.353 e. The molecular formula is C14H18N2O. The van der Waals surface area contributed by atoms with Gasteiger partial charge in [0.2, 0.25) is 0 Å². The smallest absolute Gasteiger partial charge is 0.153 e. The topological polar surface area (TPSA) is 33.2 Å². The molecule has 2 heterocycles. The van der Waals surface area contributed by atoms with Gasteiger partial charge in [-0.2, -0.15) is 0 Å². The number of anilines is 1. The highest BCUT2D eigenvalue weighted by molar-refractivity contribution is 5.82. The average Bonchev–Trinajstić information content (AvgIpc) is 2.82. The van der Waals surface area contributed by atoms with E-state index in [0.29, 0.717) is 6.04 Å². The average molecular weight is 230 g/mol. The summed E-state index contributed by atoms with van der Waals surface area (Å²) in [6.07, 6.45) is 9.29. The first-order chi connectivity index (χ1) is 8.40. The fourth-order valence-electron chi connectivity index (χ4n) is 3.41. The number of aromatic nitrogens is 1. The maximum atomic E-state index is 11.1. The van der Waals surface area contributed by atoms with E-state index in [1.54, 1.807) is 6.20 Å². The molecule has 1 aliphatic carbocycles. The molecule has 3 rings (SSSR count). The molecule has 0 amide bonds. The van der Waals surface area contributed by atoms with E-state index < -0.39 is 0 Å². The number of pyridine rings is 1. The Morgan fingerprint density at radius 3 is 3.06 bits per heavy atom. The van der Waals surface area contributed by atoms with E-state index in [4.69, 9.17) is 0 Å². The lowest BCUT2D eigenvalue weighted by Crippen LogP contribution is -2.35. The summed E-state index contributed by atoms with van der Waals surface area (Å²) in [7, 11) is 0. The monoisotopic (exact) mass is 230 g/mol. The van der Waals surface area contributed by atoms with E-state index in [9.17, 15) is 4.79 Å². The van der Waals surface area contributed by atoms with Crippen LogP contribution in [-0.2, 0) is 0 Å². The van der Waals surface area contributed by atoms with Crippen LogP contribution in [0.1, 0.15) is 42.5 Å². The van der Waals surface area contributed by atoms with Crippen molar-refractivity contribution in [2.75, 3.05) is 11.4 Å². The van der Waals surface area contributed by atoms with Gasteiger partial charge in [-0.15, -0.1) is 0 Å². The predicted octanol–water partition coefficient (Wildman–Crippen LogP) is 2.66. The molecule has 1 saturated carbocycles. The number of nitrogens with zero attached hydrogens (tertiary/aromatic N) is 2. The van der Waals surface area contributed by atoms with E-state index in [0.717, 1.165) is 30.1 Å². The number of carbonyl (C=O) groups excluding carboxylic acids is 1. The Morgan fingerprint density at radius 2 is 2.18 bits per heavy atom. The summed E-state index contributed by atoms with van der Waals surface area (Å²) in [5.74, 6) is 1.72. The second kappa shape index (κ2) is 4.47. The molecule has 1 aliphatic heterocycles. The molecule has 1 aromatic rings. The maximum Gasteiger partial charge on any atom is 0.153 e. The van der Waals surface area contributed by atoms with Gasteiger partial charge in [-0.3, -0.25) is 4.79 Å². The van der Waals surface area contributed by atoms with E-state index in [1.165, 1.54) is 32.1 Å². The van der Waals surface area contributed by atoms with Crippen molar-refractivity contribution >= 4 is 12.1 Å².